The van der Waals surface area contributed by atoms with Crippen molar-refractivity contribution in [2.75, 3.05) is 20.8 Å². The first-order valence-electron chi connectivity index (χ1n) is 8.31. The zero-order valence-electron chi connectivity index (χ0n) is 15.0. The predicted molar refractivity (Wildman–Crippen MR) is 101 cm³/mol. The van der Waals surface area contributed by atoms with Gasteiger partial charge in [-0.25, -0.2) is 0 Å². The molecule has 0 spiro atoms. The number of hydrogen-bond acceptors (Lipinski definition) is 3. The van der Waals surface area contributed by atoms with E-state index in [4.69, 9.17) is 4.74 Å². The molecule has 1 unspecified atom stereocenters. The fraction of sp³-hybridized carbons (Fsp3) is 0.368. The van der Waals surface area contributed by atoms with E-state index in [1.54, 1.807) is 37.1 Å². The number of hydrogen-bond donors (Lipinski definition) is 2. The number of ether oxygens (including phenoxy) is 1. The fourth-order valence-corrected chi connectivity index (χ4v) is 2.46. The smallest absolute Gasteiger partial charge is 0.250 e. The van der Waals surface area contributed by atoms with Gasteiger partial charge in [0.2, 0.25) is 0 Å². The monoisotopic (exact) mass is 342 g/mol. The molecule has 134 valence electrons. The van der Waals surface area contributed by atoms with E-state index >= 15 is 0 Å². The van der Waals surface area contributed by atoms with Gasteiger partial charge in [0.05, 0.1) is 13.2 Å². The van der Waals surface area contributed by atoms with Crippen molar-refractivity contribution in [1.82, 2.24) is 15.2 Å². The number of pyridine rings is 1. The normalized spacial score (nSPS) is 12.7. The minimum absolute atomic E-state index is 0.00768. The lowest BCUT2D eigenvalue weighted by Crippen LogP contribution is -2.43. The Labute approximate surface area is 148 Å². The molecule has 6 nitrogen and oxygen atoms in total. The highest BCUT2D eigenvalue weighted by Crippen LogP contribution is 2.05. The summed E-state index contributed by atoms with van der Waals surface area (Å²) in [7, 11) is 3.43. The third kappa shape index (κ3) is 6.08. The van der Waals surface area contributed by atoms with Gasteiger partial charge < -0.3 is 19.9 Å². The van der Waals surface area contributed by atoms with Crippen LogP contribution in [0.15, 0.2) is 58.4 Å². The minimum atomic E-state index is 0.00768. The SMILES string of the molecule is CN=C(NCc1ccc(Cn2ccccc2=O)cc1)NC(C)COC. The van der Waals surface area contributed by atoms with Crippen LogP contribution in [-0.2, 0) is 17.8 Å². The number of aromatic nitrogens is 1. The summed E-state index contributed by atoms with van der Waals surface area (Å²) >= 11 is 0. The van der Waals surface area contributed by atoms with Gasteiger partial charge in [0, 0.05) is 39.0 Å². The average Bonchev–Trinajstić information content (AvgIpc) is 2.62. The molecule has 0 aliphatic rings. The molecule has 1 aromatic carbocycles. The molecule has 0 fully saturated rings. The molecule has 0 saturated carbocycles. The van der Waals surface area contributed by atoms with Crippen LogP contribution >= 0.6 is 0 Å². The van der Waals surface area contributed by atoms with Crippen LogP contribution in [0.4, 0.5) is 0 Å². The summed E-state index contributed by atoms with van der Waals surface area (Å²) in [6.45, 7) is 3.90. The van der Waals surface area contributed by atoms with E-state index in [1.165, 1.54) is 0 Å². The quantitative estimate of drug-likeness (QED) is 0.592. The van der Waals surface area contributed by atoms with Crippen LogP contribution in [0, 0.1) is 0 Å². The van der Waals surface area contributed by atoms with E-state index in [0.717, 1.165) is 17.1 Å². The highest BCUT2D eigenvalue weighted by Gasteiger charge is 2.04. The van der Waals surface area contributed by atoms with Gasteiger partial charge in [0.15, 0.2) is 5.96 Å². The molecule has 0 saturated heterocycles. The summed E-state index contributed by atoms with van der Waals surface area (Å²) < 4.78 is 6.80. The van der Waals surface area contributed by atoms with Crippen molar-refractivity contribution in [3.05, 3.63) is 70.1 Å². The second-order valence-electron chi connectivity index (χ2n) is 5.91. The molecular weight excluding hydrogens is 316 g/mol. The van der Waals surface area contributed by atoms with Gasteiger partial charge in [-0.15, -0.1) is 0 Å². The fourth-order valence-electron chi connectivity index (χ4n) is 2.46. The molecule has 1 heterocycles. The molecular formula is C19H26N4O2. The predicted octanol–water partition coefficient (Wildman–Crippen LogP) is 1.60. The van der Waals surface area contributed by atoms with Crippen LogP contribution in [0.1, 0.15) is 18.1 Å². The van der Waals surface area contributed by atoms with Gasteiger partial charge in [-0.3, -0.25) is 9.79 Å². The standard InChI is InChI=1S/C19H26N4O2/c1-15(14-25-3)22-19(20-2)21-12-16-7-9-17(10-8-16)13-23-11-5-4-6-18(23)24/h4-11,15H,12-14H2,1-3H3,(H2,20,21,22). The molecule has 1 atom stereocenters. The summed E-state index contributed by atoms with van der Waals surface area (Å²) in [6, 6.07) is 13.6. The highest BCUT2D eigenvalue weighted by atomic mass is 16.5. The Balaban J connectivity index is 1.89. The van der Waals surface area contributed by atoms with Gasteiger partial charge >= 0.3 is 0 Å². The van der Waals surface area contributed by atoms with Gasteiger partial charge in [-0.2, -0.15) is 0 Å². The molecule has 2 N–H and O–H groups in total. The van der Waals surface area contributed by atoms with Crippen molar-refractivity contribution in [2.45, 2.75) is 26.1 Å². The van der Waals surface area contributed by atoms with Gasteiger partial charge in [-0.05, 0) is 24.1 Å². The molecule has 25 heavy (non-hydrogen) atoms. The molecule has 2 rings (SSSR count). The molecule has 0 aliphatic carbocycles. The largest absolute Gasteiger partial charge is 0.383 e. The van der Waals surface area contributed by atoms with Crippen molar-refractivity contribution in [1.29, 1.82) is 0 Å². The van der Waals surface area contributed by atoms with Crippen molar-refractivity contribution in [3.63, 3.8) is 0 Å². The first-order valence-corrected chi connectivity index (χ1v) is 8.31. The maximum absolute atomic E-state index is 11.8. The third-order valence-electron chi connectivity index (χ3n) is 3.76. The van der Waals surface area contributed by atoms with Crippen LogP contribution in [0.2, 0.25) is 0 Å². The summed E-state index contributed by atoms with van der Waals surface area (Å²) in [5.74, 6) is 0.740. The first kappa shape index (κ1) is 18.7. The lowest BCUT2D eigenvalue weighted by Gasteiger charge is -2.17. The lowest BCUT2D eigenvalue weighted by molar-refractivity contribution is 0.179. The Bertz CT molecular complexity index is 738. The maximum atomic E-state index is 11.8. The molecule has 6 heteroatoms. The second kappa shape index (κ2) is 9.64. The molecule has 0 bridgehead atoms. The number of aliphatic imine (C=N–C) groups is 1. The number of benzene rings is 1. The Morgan fingerprint density at radius 2 is 1.92 bits per heavy atom. The summed E-state index contributed by atoms with van der Waals surface area (Å²) in [4.78, 5) is 16.0. The zero-order chi connectivity index (χ0) is 18.1. The average molecular weight is 342 g/mol. The van der Waals surface area contributed by atoms with Crippen LogP contribution < -0.4 is 16.2 Å². The summed E-state index contributed by atoms with van der Waals surface area (Å²) in [5, 5.41) is 6.55. The number of nitrogens with zero attached hydrogens (tertiary/aromatic N) is 2. The Hall–Kier alpha value is -2.60. The zero-order valence-corrected chi connectivity index (χ0v) is 15.0. The van der Waals surface area contributed by atoms with E-state index in [1.807, 2.05) is 25.1 Å². The van der Waals surface area contributed by atoms with Crippen LogP contribution in [0.25, 0.3) is 0 Å². The lowest BCUT2D eigenvalue weighted by atomic mass is 10.1. The molecule has 2 aromatic rings. The van der Waals surface area contributed by atoms with Gasteiger partial charge in [-0.1, -0.05) is 30.3 Å². The van der Waals surface area contributed by atoms with Crippen molar-refractivity contribution < 1.29 is 4.74 Å². The Kier molecular flexibility index (Phi) is 7.22. The Morgan fingerprint density at radius 1 is 1.20 bits per heavy atom. The second-order valence-corrected chi connectivity index (χ2v) is 5.91. The van der Waals surface area contributed by atoms with E-state index < -0.39 is 0 Å². The Morgan fingerprint density at radius 3 is 2.56 bits per heavy atom. The van der Waals surface area contributed by atoms with Gasteiger partial charge in [0.1, 0.15) is 0 Å². The van der Waals surface area contributed by atoms with Crippen LogP contribution in [0.5, 0.6) is 0 Å². The summed E-state index contributed by atoms with van der Waals surface area (Å²) in [6.07, 6.45) is 1.80. The molecule has 0 radical (unpaired) electrons. The minimum Gasteiger partial charge on any atom is -0.383 e. The highest BCUT2D eigenvalue weighted by molar-refractivity contribution is 5.79. The van der Waals surface area contributed by atoms with E-state index in [-0.39, 0.29) is 11.6 Å². The van der Waals surface area contributed by atoms with Crippen molar-refractivity contribution in [2.24, 2.45) is 4.99 Å². The number of nitrogens with one attached hydrogen (secondary N) is 2. The van der Waals surface area contributed by atoms with Crippen molar-refractivity contribution >= 4 is 5.96 Å². The maximum Gasteiger partial charge on any atom is 0.250 e. The van der Waals surface area contributed by atoms with E-state index in [2.05, 4.69) is 27.8 Å². The van der Waals surface area contributed by atoms with Gasteiger partial charge in [0.25, 0.3) is 5.56 Å². The number of rotatable bonds is 7. The van der Waals surface area contributed by atoms with Crippen LogP contribution in [-0.4, -0.2) is 37.3 Å². The molecule has 0 amide bonds. The first-order chi connectivity index (χ1) is 12.1. The van der Waals surface area contributed by atoms with Crippen LogP contribution in [0.3, 0.4) is 0 Å². The third-order valence-corrected chi connectivity index (χ3v) is 3.76. The summed E-state index contributed by atoms with van der Waals surface area (Å²) in [5.41, 5.74) is 2.24. The van der Waals surface area contributed by atoms with E-state index in [0.29, 0.717) is 19.7 Å². The number of methoxy groups -OCH3 is 1. The van der Waals surface area contributed by atoms with E-state index in [9.17, 15) is 4.79 Å². The topological polar surface area (TPSA) is 67.7 Å². The molecule has 0 aliphatic heterocycles. The van der Waals surface area contributed by atoms with Crippen molar-refractivity contribution in [3.8, 4) is 0 Å². The number of guanidine groups is 1. The molecule has 1 aromatic heterocycles.